The molecule has 106 valence electrons. The van der Waals surface area contributed by atoms with Crippen molar-refractivity contribution in [2.75, 3.05) is 14.1 Å². The van der Waals surface area contributed by atoms with Crippen LogP contribution in [0.25, 0.3) is 11.3 Å². The number of rotatable bonds is 3. The molecule has 4 nitrogen and oxygen atoms in total. The number of amides is 1. The number of benzene rings is 1. The Bertz CT molecular complexity index is 617. The van der Waals surface area contributed by atoms with E-state index in [1.807, 2.05) is 50.4 Å². The van der Waals surface area contributed by atoms with Crippen LogP contribution in [0.3, 0.4) is 0 Å². The summed E-state index contributed by atoms with van der Waals surface area (Å²) in [5, 5.41) is 4.58. The first-order valence-corrected chi connectivity index (χ1v) is 7.16. The lowest BCUT2D eigenvalue weighted by molar-refractivity contribution is -0.137. The normalized spacial score (nSPS) is 11.4. The molecular weight excluding hydrogens is 318 g/mol. The van der Waals surface area contributed by atoms with E-state index in [1.54, 1.807) is 23.7 Å². The van der Waals surface area contributed by atoms with E-state index in [0.717, 1.165) is 15.7 Å². The van der Waals surface area contributed by atoms with Crippen molar-refractivity contribution in [1.82, 2.24) is 14.7 Å². The largest absolute Gasteiger partial charge is 0.347 e. The smallest absolute Gasteiger partial charge is 0.249 e. The van der Waals surface area contributed by atoms with Gasteiger partial charge >= 0.3 is 0 Å². The molecule has 0 aliphatic rings. The van der Waals surface area contributed by atoms with Crippen LogP contribution in [0.4, 0.5) is 0 Å². The molecule has 0 spiro atoms. The van der Waals surface area contributed by atoms with Gasteiger partial charge in [-0.15, -0.1) is 0 Å². The molecule has 0 aliphatic heterocycles. The van der Waals surface area contributed by atoms with Gasteiger partial charge in [-0.25, -0.2) is 0 Å². The summed E-state index contributed by atoms with van der Waals surface area (Å²) < 4.78 is 2.59. The van der Waals surface area contributed by atoms with E-state index < -0.39 is 5.54 Å². The summed E-state index contributed by atoms with van der Waals surface area (Å²) >= 11 is 3.52. The standard InChI is InChI=1S/C15H18BrN3O/c1-15(2,14(20)18(3)4)19-10-12(16)13(17-19)11-8-6-5-7-9-11/h5-10H,1-4H3. The highest BCUT2D eigenvalue weighted by Crippen LogP contribution is 2.29. The number of aromatic nitrogens is 2. The second-order valence-corrected chi connectivity index (χ2v) is 6.25. The van der Waals surface area contributed by atoms with Crippen molar-refractivity contribution in [2.24, 2.45) is 0 Å². The van der Waals surface area contributed by atoms with E-state index in [9.17, 15) is 4.79 Å². The molecular formula is C15H18BrN3O. The van der Waals surface area contributed by atoms with Gasteiger partial charge in [0.1, 0.15) is 11.2 Å². The molecule has 0 bridgehead atoms. The van der Waals surface area contributed by atoms with E-state index in [4.69, 9.17) is 0 Å². The molecule has 1 aromatic heterocycles. The molecule has 0 radical (unpaired) electrons. The summed E-state index contributed by atoms with van der Waals surface area (Å²) in [6.07, 6.45) is 1.85. The number of carbonyl (C=O) groups excluding carboxylic acids is 1. The Kier molecular flexibility index (Phi) is 3.99. The Morgan fingerprint density at radius 1 is 1.25 bits per heavy atom. The van der Waals surface area contributed by atoms with Gasteiger partial charge in [0.2, 0.25) is 5.91 Å². The van der Waals surface area contributed by atoms with Crippen LogP contribution in [0.5, 0.6) is 0 Å². The summed E-state index contributed by atoms with van der Waals surface area (Å²) in [4.78, 5) is 13.9. The summed E-state index contributed by atoms with van der Waals surface area (Å²) in [6.45, 7) is 3.73. The summed E-state index contributed by atoms with van der Waals surface area (Å²) in [5.41, 5.74) is 1.13. The van der Waals surface area contributed by atoms with Crippen molar-refractivity contribution >= 4 is 21.8 Å². The summed E-state index contributed by atoms with van der Waals surface area (Å²) in [6, 6.07) is 9.90. The van der Waals surface area contributed by atoms with Crippen molar-refractivity contribution in [3.8, 4) is 11.3 Å². The molecule has 0 aliphatic carbocycles. The number of hydrogen-bond acceptors (Lipinski definition) is 2. The number of hydrogen-bond donors (Lipinski definition) is 0. The second-order valence-electron chi connectivity index (χ2n) is 5.39. The molecule has 1 amide bonds. The Hall–Kier alpha value is -1.62. The monoisotopic (exact) mass is 335 g/mol. The van der Waals surface area contributed by atoms with Gasteiger partial charge in [0.05, 0.1) is 4.47 Å². The minimum atomic E-state index is -0.723. The highest BCUT2D eigenvalue weighted by Gasteiger charge is 2.32. The Morgan fingerprint density at radius 2 is 1.85 bits per heavy atom. The van der Waals surface area contributed by atoms with Crippen LogP contribution in [0.15, 0.2) is 41.0 Å². The molecule has 2 rings (SSSR count). The topological polar surface area (TPSA) is 38.1 Å². The molecule has 1 heterocycles. The van der Waals surface area contributed by atoms with Gasteiger partial charge in [-0.05, 0) is 29.8 Å². The zero-order chi connectivity index (χ0) is 14.9. The molecule has 20 heavy (non-hydrogen) atoms. The Balaban J connectivity index is 2.44. The molecule has 0 saturated carbocycles. The molecule has 2 aromatic rings. The van der Waals surface area contributed by atoms with Crippen molar-refractivity contribution in [3.63, 3.8) is 0 Å². The first kappa shape index (κ1) is 14.8. The van der Waals surface area contributed by atoms with Gasteiger partial charge in [0.25, 0.3) is 0 Å². The van der Waals surface area contributed by atoms with E-state index in [2.05, 4.69) is 21.0 Å². The summed E-state index contributed by atoms with van der Waals surface area (Å²) in [7, 11) is 3.50. The predicted molar refractivity (Wildman–Crippen MR) is 83.4 cm³/mol. The average Bonchev–Trinajstić information content (AvgIpc) is 2.81. The van der Waals surface area contributed by atoms with E-state index in [-0.39, 0.29) is 5.91 Å². The van der Waals surface area contributed by atoms with Crippen LogP contribution >= 0.6 is 15.9 Å². The molecule has 0 fully saturated rings. The van der Waals surface area contributed by atoms with Crippen LogP contribution in [-0.4, -0.2) is 34.7 Å². The third-order valence-electron chi connectivity index (χ3n) is 3.22. The fraction of sp³-hybridized carbons (Fsp3) is 0.333. The maximum Gasteiger partial charge on any atom is 0.249 e. The maximum atomic E-state index is 12.3. The fourth-order valence-electron chi connectivity index (χ4n) is 2.08. The van der Waals surface area contributed by atoms with Crippen LogP contribution < -0.4 is 0 Å². The minimum absolute atomic E-state index is 0.00658. The fourth-order valence-corrected chi connectivity index (χ4v) is 2.58. The van der Waals surface area contributed by atoms with E-state index >= 15 is 0 Å². The third kappa shape index (κ3) is 2.63. The van der Waals surface area contributed by atoms with Crippen molar-refractivity contribution < 1.29 is 4.79 Å². The number of halogens is 1. The highest BCUT2D eigenvalue weighted by atomic mass is 79.9. The van der Waals surface area contributed by atoms with Crippen LogP contribution in [0.1, 0.15) is 13.8 Å². The SMILES string of the molecule is CN(C)C(=O)C(C)(C)n1cc(Br)c(-c2ccccc2)n1. The summed E-state index contributed by atoms with van der Waals surface area (Å²) in [5.74, 6) is 0.00658. The molecule has 0 atom stereocenters. The van der Waals surface area contributed by atoms with Gasteiger partial charge in [-0.3, -0.25) is 9.48 Å². The van der Waals surface area contributed by atoms with Gasteiger partial charge in [0.15, 0.2) is 0 Å². The lowest BCUT2D eigenvalue weighted by Gasteiger charge is -2.27. The number of nitrogens with zero attached hydrogens (tertiary/aromatic N) is 3. The van der Waals surface area contributed by atoms with E-state index in [0.29, 0.717) is 0 Å². The highest BCUT2D eigenvalue weighted by molar-refractivity contribution is 9.10. The van der Waals surface area contributed by atoms with Crippen molar-refractivity contribution in [2.45, 2.75) is 19.4 Å². The number of likely N-dealkylation sites (N-methyl/N-ethyl adjacent to an activating group) is 1. The van der Waals surface area contributed by atoms with Gasteiger partial charge in [-0.2, -0.15) is 5.10 Å². The van der Waals surface area contributed by atoms with Crippen LogP contribution in [0.2, 0.25) is 0 Å². The molecule has 1 aromatic carbocycles. The number of carbonyl (C=O) groups is 1. The minimum Gasteiger partial charge on any atom is -0.347 e. The first-order chi connectivity index (χ1) is 9.34. The van der Waals surface area contributed by atoms with E-state index in [1.165, 1.54) is 0 Å². The average molecular weight is 336 g/mol. The van der Waals surface area contributed by atoms with Crippen LogP contribution in [-0.2, 0) is 10.3 Å². The van der Waals surface area contributed by atoms with Crippen molar-refractivity contribution in [1.29, 1.82) is 0 Å². The predicted octanol–water partition coefficient (Wildman–Crippen LogP) is 3.14. The van der Waals surface area contributed by atoms with Gasteiger partial charge in [0, 0.05) is 25.9 Å². The quantitative estimate of drug-likeness (QED) is 0.864. The van der Waals surface area contributed by atoms with Crippen molar-refractivity contribution in [3.05, 3.63) is 41.0 Å². The second kappa shape index (κ2) is 5.40. The molecule has 0 N–H and O–H groups in total. The molecule has 0 saturated heterocycles. The zero-order valence-corrected chi connectivity index (χ0v) is 13.7. The van der Waals surface area contributed by atoms with Gasteiger partial charge < -0.3 is 4.90 Å². The van der Waals surface area contributed by atoms with Crippen LogP contribution in [0, 0.1) is 0 Å². The first-order valence-electron chi connectivity index (χ1n) is 6.37. The molecule has 5 heteroatoms. The Morgan fingerprint density at radius 3 is 2.40 bits per heavy atom. The Labute approximate surface area is 127 Å². The zero-order valence-electron chi connectivity index (χ0n) is 12.1. The lowest BCUT2D eigenvalue weighted by atomic mass is 10.0. The molecule has 0 unspecified atom stereocenters. The maximum absolute atomic E-state index is 12.3. The third-order valence-corrected chi connectivity index (χ3v) is 3.80. The lowest BCUT2D eigenvalue weighted by Crippen LogP contribution is -2.44. The van der Waals surface area contributed by atoms with Gasteiger partial charge in [-0.1, -0.05) is 30.3 Å².